The molecule has 0 spiro atoms. The predicted octanol–water partition coefficient (Wildman–Crippen LogP) is 5.52. The highest BCUT2D eigenvalue weighted by Gasteiger charge is 2.36. The maximum Gasteiger partial charge on any atom is 0.255 e. The highest BCUT2D eigenvalue weighted by molar-refractivity contribution is 7.98. The van der Waals surface area contributed by atoms with Crippen LogP contribution in [0.25, 0.3) is 22.4 Å². The molecule has 0 saturated carbocycles. The summed E-state index contributed by atoms with van der Waals surface area (Å²) in [4.78, 5) is 40.7. The second kappa shape index (κ2) is 10.5. The van der Waals surface area contributed by atoms with Crippen LogP contribution in [0.2, 0.25) is 0 Å². The first kappa shape index (κ1) is 23.9. The van der Waals surface area contributed by atoms with E-state index in [1.807, 2.05) is 72.8 Å². The van der Waals surface area contributed by atoms with Crippen LogP contribution in [0.4, 0.5) is 5.69 Å². The van der Waals surface area contributed by atoms with Crippen molar-refractivity contribution in [2.45, 2.75) is 18.3 Å². The summed E-state index contributed by atoms with van der Waals surface area (Å²) in [6.45, 7) is 0.424. The molecule has 2 aromatic heterocycles. The van der Waals surface area contributed by atoms with Gasteiger partial charge >= 0.3 is 0 Å². The lowest BCUT2D eigenvalue weighted by Crippen LogP contribution is -2.46. The number of anilines is 1. The number of pyridine rings is 1. The zero-order chi connectivity index (χ0) is 25.9. The maximum atomic E-state index is 13.6. The number of hydrogen-bond donors (Lipinski definition) is 2. The molecule has 2 amide bonds. The van der Waals surface area contributed by atoms with Gasteiger partial charge in [-0.1, -0.05) is 48.5 Å². The van der Waals surface area contributed by atoms with Crippen molar-refractivity contribution in [3.05, 3.63) is 114 Å². The molecule has 38 heavy (non-hydrogen) atoms. The second-order valence-electron chi connectivity index (χ2n) is 9.16. The van der Waals surface area contributed by atoms with Gasteiger partial charge in [0.2, 0.25) is 5.91 Å². The van der Waals surface area contributed by atoms with Crippen LogP contribution in [0.1, 0.15) is 21.5 Å². The lowest BCUT2D eigenvalue weighted by molar-refractivity contribution is -0.119. The highest BCUT2D eigenvalue weighted by atomic mass is 32.2. The number of imidazole rings is 1. The molecule has 1 aliphatic rings. The van der Waals surface area contributed by atoms with Crippen molar-refractivity contribution in [3.8, 4) is 11.4 Å². The minimum Gasteiger partial charge on any atom is -0.338 e. The normalized spacial score (nSPS) is 13.5. The number of aromatic nitrogens is 3. The molecule has 0 radical (unpaired) electrons. The molecule has 1 atom stereocenters. The van der Waals surface area contributed by atoms with E-state index >= 15 is 0 Å². The average molecular weight is 520 g/mol. The van der Waals surface area contributed by atoms with Gasteiger partial charge < -0.3 is 15.2 Å². The monoisotopic (exact) mass is 519 g/mol. The first-order valence-electron chi connectivity index (χ1n) is 12.4. The van der Waals surface area contributed by atoms with E-state index in [0.717, 1.165) is 27.9 Å². The third kappa shape index (κ3) is 4.90. The van der Waals surface area contributed by atoms with Crippen LogP contribution in [0, 0.1) is 0 Å². The average Bonchev–Trinajstić information content (AvgIpc) is 3.53. The predicted molar refractivity (Wildman–Crippen MR) is 151 cm³/mol. The maximum absolute atomic E-state index is 13.6. The third-order valence-corrected chi connectivity index (χ3v) is 7.69. The Morgan fingerprint density at radius 2 is 1.87 bits per heavy atom. The molecule has 3 heterocycles. The number of hydrogen-bond acceptors (Lipinski definition) is 5. The van der Waals surface area contributed by atoms with E-state index < -0.39 is 6.04 Å². The van der Waals surface area contributed by atoms with Crippen molar-refractivity contribution in [1.82, 2.24) is 19.9 Å². The molecule has 0 saturated heterocycles. The van der Waals surface area contributed by atoms with Gasteiger partial charge in [-0.15, -0.1) is 0 Å². The lowest BCUT2D eigenvalue weighted by atomic mass is 10.1. The second-order valence-corrected chi connectivity index (χ2v) is 10.2. The number of benzene rings is 3. The van der Waals surface area contributed by atoms with Crippen LogP contribution in [-0.2, 0) is 17.1 Å². The number of carbonyl (C=O) groups excluding carboxylic acids is 2. The molecular formula is C30H25N5O2S. The van der Waals surface area contributed by atoms with Gasteiger partial charge in [0, 0.05) is 47.3 Å². The smallest absolute Gasteiger partial charge is 0.255 e. The van der Waals surface area contributed by atoms with Gasteiger partial charge in [-0.2, -0.15) is 11.8 Å². The quantitative estimate of drug-likeness (QED) is 0.282. The van der Waals surface area contributed by atoms with E-state index in [9.17, 15) is 9.59 Å². The van der Waals surface area contributed by atoms with Crippen LogP contribution in [0.3, 0.4) is 0 Å². The molecule has 8 heteroatoms. The molecule has 7 nitrogen and oxygen atoms in total. The van der Waals surface area contributed by atoms with Crippen molar-refractivity contribution in [1.29, 1.82) is 0 Å². The highest BCUT2D eigenvalue weighted by Crippen LogP contribution is 2.28. The molecular weight excluding hydrogens is 494 g/mol. The van der Waals surface area contributed by atoms with Crippen LogP contribution < -0.4 is 5.32 Å². The van der Waals surface area contributed by atoms with Gasteiger partial charge in [-0.3, -0.25) is 14.6 Å². The minimum absolute atomic E-state index is 0.105. The van der Waals surface area contributed by atoms with Crippen molar-refractivity contribution >= 4 is 40.3 Å². The molecule has 188 valence electrons. The van der Waals surface area contributed by atoms with Crippen LogP contribution in [0.15, 0.2) is 97.3 Å². The Morgan fingerprint density at radius 1 is 1.03 bits per heavy atom. The Morgan fingerprint density at radius 3 is 2.68 bits per heavy atom. The summed E-state index contributed by atoms with van der Waals surface area (Å²) in [6, 6.07) is 26.5. The summed E-state index contributed by atoms with van der Waals surface area (Å²) < 4.78 is 0. The number of carbonyl (C=O) groups is 2. The number of aromatic amines is 1. The van der Waals surface area contributed by atoms with Gasteiger partial charge in [0.1, 0.15) is 11.9 Å². The molecule has 0 aliphatic carbocycles. The number of nitrogens with one attached hydrogen (secondary N) is 2. The number of thioether (sulfide) groups is 1. The lowest BCUT2D eigenvalue weighted by Gasteiger charge is -2.27. The third-order valence-electron chi connectivity index (χ3n) is 6.60. The summed E-state index contributed by atoms with van der Waals surface area (Å²) >= 11 is 1.65. The molecule has 0 unspecified atom stereocenters. The molecule has 2 N–H and O–H groups in total. The van der Waals surface area contributed by atoms with Crippen LogP contribution in [0.5, 0.6) is 0 Å². The van der Waals surface area contributed by atoms with E-state index in [-0.39, 0.29) is 11.8 Å². The summed E-state index contributed by atoms with van der Waals surface area (Å²) in [5, 5.41) is 3.05. The topological polar surface area (TPSA) is 91.0 Å². The van der Waals surface area contributed by atoms with E-state index in [2.05, 4.69) is 32.4 Å². The zero-order valence-electron chi connectivity index (χ0n) is 20.5. The fourth-order valence-electron chi connectivity index (χ4n) is 4.65. The molecule has 1 aliphatic heterocycles. The zero-order valence-corrected chi connectivity index (χ0v) is 21.3. The number of amides is 2. The van der Waals surface area contributed by atoms with Crippen molar-refractivity contribution in [2.75, 3.05) is 11.1 Å². The minimum atomic E-state index is -0.618. The van der Waals surface area contributed by atoms with Crippen molar-refractivity contribution < 1.29 is 9.59 Å². The molecule has 5 aromatic rings. The van der Waals surface area contributed by atoms with Gasteiger partial charge in [-0.05, 0) is 47.5 Å². The Hall–Kier alpha value is -4.43. The van der Waals surface area contributed by atoms with Gasteiger partial charge in [0.25, 0.3) is 5.91 Å². The van der Waals surface area contributed by atoms with E-state index in [4.69, 9.17) is 0 Å². The van der Waals surface area contributed by atoms with Crippen LogP contribution >= 0.6 is 11.8 Å². The summed E-state index contributed by atoms with van der Waals surface area (Å²) in [6.07, 6.45) is 3.47. The summed E-state index contributed by atoms with van der Waals surface area (Å²) in [7, 11) is 0. The molecule has 0 fully saturated rings. The first-order valence-corrected chi connectivity index (χ1v) is 13.5. The molecule has 6 rings (SSSR count). The standard InChI is InChI=1S/C30H25N5O2S/c36-29(32-23-12-13-25-26(15-23)34-28(33-25)21-10-6-14-31-16-21)27(19-38-18-20-7-2-1-3-8-20)35-17-22-9-4-5-11-24(22)30(35)37/h1-16,27H,17-19H2,(H,32,36)(H,33,34)/t27-/m0/s1. The largest absolute Gasteiger partial charge is 0.338 e. The number of fused-ring (bicyclic) bond motifs is 2. The van der Waals surface area contributed by atoms with E-state index in [1.54, 1.807) is 29.1 Å². The van der Waals surface area contributed by atoms with Gasteiger partial charge in [-0.25, -0.2) is 4.98 Å². The first-order chi connectivity index (χ1) is 18.7. The van der Waals surface area contributed by atoms with Gasteiger partial charge in [0.15, 0.2) is 0 Å². The number of H-pyrrole nitrogens is 1. The van der Waals surface area contributed by atoms with Crippen LogP contribution in [-0.4, -0.2) is 43.5 Å². The van der Waals surface area contributed by atoms with Gasteiger partial charge in [0.05, 0.1) is 11.0 Å². The Labute approximate surface area is 224 Å². The Bertz CT molecular complexity index is 1600. The van der Waals surface area contributed by atoms with E-state index in [0.29, 0.717) is 29.4 Å². The molecule has 3 aromatic carbocycles. The number of nitrogens with zero attached hydrogens (tertiary/aromatic N) is 3. The number of rotatable bonds is 8. The molecule has 0 bridgehead atoms. The SMILES string of the molecule is O=C(Nc1ccc2nc(-c3cccnc3)[nH]c2c1)[C@H](CSCc1ccccc1)N1Cc2ccccc2C1=O. The fraction of sp³-hybridized carbons (Fsp3) is 0.133. The Kier molecular flexibility index (Phi) is 6.62. The fourth-order valence-corrected chi connectivity index (χ4v) is 5.75. The van der Waals surface area contributed by atoms with Crippen molar-refractivity contribution in [2.24, 2.45) is 0 Å². The summed E-state index contributed by atoms with van der Waals surface area (Å²) in [5.41, 5.74) is 5.93. The summed E-state index contributed by atoms with van der Waals surface area (Å²) in [5.74, 6) is 1.64. The van der Waals surface area contributed by atoms with Crippen molar-refractivity contribution in [3.63, 3.8) is 0 Å². The van der Waals surface area contributed by atoms with E-state index in [1.165, 1.54) is 5.56 Å². The Balaban J connectivity index is 1.22.